The molecule has 0 aliphatic carbocycles. The summed E-state index contributed by atoms with van der Waals surface area (Å²) < 4.78 is 0. The molecule has 0 aromatic rings. The van der Waals surface area contributed by atoms with E-state index < -0.39 is 0 Å². The molecule has 0 rings (SSSR count). The van der Waals surface area contributed by atoms with Gasteiger partial charge in [-0.05, 0) is 20.0 Å². The average molecular weight is 140 g/mol. The maximum atomic E-state index is 3.81. The van der Waals surface area contributed by atoms with Crippen LogP contribution in [0.15, 0.2) is 25.2 Å². The maximum absolute atomic E-state index is 3.81. The van der Waals surface area contributed by atoms with Crippen LogP contribution in [0.4, 0.5) is 0 Å². The van der Waals surface area contributed by atoms with Crippen molar-refractivity contribution in [2.45, 2.75) is 19.9 Å². The highest BCUT2D eigenvalue weighted by Gasteiger charge is 1.97. The number of nitrogens with one attached hydrogen (secondary N) is 1. The van der Waals surface area contributed by atoms with Gasteiger partial charge in [-0.1, -0.05) is 13.2 Å². The first kappa shape index (κ1) is 9.08. The van der Waals surface area contributed by atoms with Crippen molar-refractivity contribution in [3.63, 3.8) is 0 Å². The van der Waals surface area contributed by atoms with Gasteiger partial charge in [-0.3, -0.25) is 0 Å². The van der Waals surface area contributed by atoms with E-state index in [1.807, 2.05) is 11.9 Å². The molecule has 1 N–H and O–H groups in total. The molecule has 0 aromatic heterocycles. The van der Waals surface area contributed by atoms with E-state index in [1.54, 1.807) is 6.20 Å². The van der Waals surface area contributed by atoms with Gasteiger partial charge in [-0.15, -0.1) is 0 Å². The van der Waals surface area contributed by atoms with Crippen molar-refractivity contribution >= 4 is 0 Å². The molecule has 10 heavy (non-hydrogen) atoms. The third kappa shape index (κ3) is 3.17. The number of hydrogen-bond donors (Lipinski definition) is 1. The monoisotopic (exact) mass is 140 g/mol. The molecule has 0 radical (unpaired) electrons. The van der Waals surface area contributed by atoms with Crippen molar-refractivity contribution in [2.75, 3.05) is 7.05 Å². The topological polar surface area (TPSA) is 15.3 Å². The molecule has 0 bridgehead atoms. The molecular formula is C8H16N2. The van der Waals surface area contributed by atoms with E-state index in [2.05, 4.69) is 32.3 Å². The first-order valence-electron chi connectivity index (χ1n) is 3.38. The Morgan fingerprint density at radius 1 is 1.60 bits per heavy atom. The fourth-order valence-electron chi connectivity index (χ4n) is 0.545. The number of nitrogens with zero attached hydrogens (tertiary/aromatic N) is 1. The predicted molar refractivity (Wildman–Crippen MR) is 45.4 cm³/mol. The summed E-state index contributed by atoms with van der Waals surface area (Å²) in [4.78, 5) is 1.85. The van der Waals surface area contributed by atoms with E-state index in [4.69, 9.17) is 0 Å². The van der Waals surface area contributed by atoms with Crippen LogP contribution in [0.25, 0.3) is 0 Å². The van der Waals surface area contributed by atoms with Gasteiger partial charge in [0.25, 0.3) is 0 Å². The summed E-state index contributed by atoms with van der Waals surface area (Å²) in [7, 11) is 1.91. The number of rotatable bonds is 4. The second-order valence-corrected chi connectivity index (χ2v) is 2.54. The van der Waals surface area contributed by atoms with Crippen LogP contribution in [0.3, 0.4) is 0 Å². The van der Waals surface area contributed by atoms with E-state index in [0.717, 1.165) is 5.82 Å². The van der Waals surface area contributed by atoms with E-state index >= 15 is 0 Å². The molecule has 0 saturated carbocycles. The quantitative estimate of drug-likeness (QED) is 0.637. The molecular weight excluding hydrogens is 124 g/mol. The van der Waals surface area contributed by atoms with Gasteiger partial charge in [-0.2, -0.15) is 0 Å². The Morgan fingerprint density at radius 3 is 2.40 bits per heavy atom. The summed E-state index contributed by atoms with van der Waals surface area (Å²) in [6.45, 7) is 11.6. The van der Waals surface area contributed by atoms with Crippen LogP contribution in [-0.4, -0.2) is 18.0 Å². The Labute approximate surface area is 63.2 Å². The molecule has 0 spiro atoms. The highest BCUT2D eigenvalue weighted by molar-refractivity contribution is 4.94. The lowest BCUT2D eigenvalue weighted by Gasteiger charge is -2.20. The molecule has 0 aliphatic heterocycles. The van der Waals surface area contributed by atoms with Gasteiger partial charge in [0.15, 0.2) is 0 Å². The van der Waals surface area contributed by atoms with E-state index in [0.29, 0.717) is 6.04 Å². The summed E-state index contributed by atoms with van der Waals surface area (Å²) in [6.07, 6.45) is 1.72. The van der Waals surface area contributed by atoms with Gasteiger partial charge in [0.2, 0.25) is 0 Å². The SMILES string of the molecule is C=CN(C)C(=C)NC(C)C. The third-order valence-electron chi connectivity index (χ3n) is 1.15. The van der Waals surface area contributed by atoms with Crippen molar-refractivity contribution in [3.8, 4) is 0 Å². The molecule has 0 aromatic carbocycles. The van der Waals surface area contributed by atoms with Crippen molar-refractivity contribution < 1.29 is 0 Å². The van der Waals surface area contributed by atoms with Gasteiger partial charge in [0, 0.05) is 13.1 Å². The standard InChI is InChI=1S/C8H16N2/c1-6-10(5)8(4)9-7(2)3/h6-7,9H,1,4H2,2-3,5H3. The molecule has 0 fully saturated rings. The zero-order valence-electron chi connectivity index (χ0n) is 7.02. The fraction of sp³-hybridized carbons (Fsp3) is 0.500. The van der Waals surface area contributed by atoms with Gasteiger partial charge in [-0.25, -0.2) is 0 Å². The minimum absolute atomic E-state index is 0.426. The van der Waals surface area contributed by atoms with Crippen LogP contribution in [0.2, 0.25) is 0 Å². The third-order valence-corrected chi connectivity index (χ3v) is 1.15. The largest absolute Gasteiger partial charge is 0.370 e. The second-order valence-electron chi connectivity index (χ2n) is 2.54. The minimum Gasteiger partial charge on any atom is -0.370 e. The summed E-state index contributed by atoms with van der Waals surface area (Å²) in [5.41, 5.74) is 0. The first-order valence-corrected chi connectivity index (χ1v) is 3.38. The van der Waals surface area contributed by atoms with E-state index in [-0.39, 0.29) is 0 Å². The summed E-state index contributed by atoms with van der Waals surface area (Å²) in [5, 5.41) is 3.15. The lowest BCUT2D eigenvalue weighted by atomic mass is 10.4. The fourth-order valence-corrected chi connectivity index (χ4v) is 0.545. The molecule has 58 valence electrons. The molecule has 0 amide bonds. The van der Waals surface area contributed by atoms with Crippen molar-refractivity contribution in [3.05, 3.63) is 25.2 Å². The Bertz CT molecular complexity index is 127. The molecule has 0 atom stereocenters. The Balaban J connectivity index is 3.73. The zero-order chi connectivity index (χ0) is 8.15. The molecule has 0 aliphatic rings. The smallest absolute Gasteiger partial charge is 0.0978 e. The lowest BCUT2D eigenvalue weighted by Crippen LogP contribution is -2.29. The van der Waals surface area contributed by atoms with Crippen LogP contribution < -0.4 is 5.32 Å². The highest BCUT2D eigenvalue weighted by Crippen LogP contribution is 1.94. The van der Waals surface area contributed by atoms with Crippen LogP contribution in [0.5, 0.6) is 0 Å². The Morgan fingerprint density at radius 2 is 2.10 bits per heavy atom. The van der Waals surface area contributed by atoms with Crippen LogP contribution in [0, 0.1) is 0 Å². The molecule has 0 unspecified atom stereocenters. The molecule has 0 saturated heterocycles. The van der Waals surface area contributed by atoms with Crippen molar-refractivity contribution in [2.24, 2.45) is 0 Å². The lowest BCUT2D eigenvalue weighted by molar-refractivity contribution is 0.482. The van der Waals surface area contributed by atoms with Gasteiger partial charge < -0.3 is 10.2 Å². The van der Waals surface area contributed by atoms with Crippen LogP contribution >= 0.6 is 0 Å². The summed E-state index contributed by atoms with van der Waals surface area (Å²) in [5.74, 6) is 0.880. The van der Waals surface area contributed by atoms with E-state index in [9.17, 15) is 0 Å². The van der Waals surface area contributed by atoms with Gasteiger partial charge >= 0.3 is 0 Å². The maximum Gasteiger partial charge on any atom is 0.0978 e. The van der Waals surface area contributed by atoms with Gasteiger partial charge in [0.1, 0.15) is 0 Å². The normalized spacial score (nSPS) is 9.20. The minimum atomic E-state index is 0.426. The average Bonchev–Trinajstić information content (AvgIpc) is 1.85. The molecule has 2 nitrogen and oxygen atoms in total. The highest BCUT2D eigenvalue weighted by atomic mass is 15.2. The first-order chi connectivity index (χ1) is 4.57. The van der Waals surface area contributed by atoms with Crippen LogP contribution in [0.1, 0.15) is 13.8 Å². The van der Waals surface area contributed by atoms with Crippen molar-refractivity contribution in [1.29, 1.82) is 0 Å². The van der Waals surface area contributed by atoms with E-state index in [1.165, 1.54) is 0 Å². The summed E-state index contributed by atoms with van der Waals surface area (Å²) >= 11 is 0. The van der Waals surface area contributed by atoms with Crippen molar-refractivity contribution in [1.82, 2.24) is 10.2 Å². The predicted octanol–water partition coefficient (Wildman–Crippen LogP) is 1.53. The Hall–Kier alpha value is -0.920. The van der Waals surface area contributed by atoms with Gasteiger partial charge in [0.05, 0.1) is 5.82 Å². The zero-order valence-corrected chi connectivity index (χ0v) is 7.02. The number of hydrogen-bond acceptors (Lipinski definition) is 2. The van der Waals surface area contributed by atoms with Crippen LogP contribution in [-0.2, 0) is 0 Å². The molecule has 0 heterocycles. The Kier molecular flexibility index (Phi) is 3.62. The summed E-state index contributed by atoms with van der Waals surface area (Å²) in [6, 6.07) is 0.426. The second kappa shape index (κ2) is 3.99. The molecule has 2 heteroatoms.